The summed E-state index contributed by atoms with van der Waals surface area (Å²) in [6.07, 6.45) is -0.979. The monoisotopic (exact) mass is 935 g/mol. The second-order valence-electron chi connectivity index (χ2n) is 16.0. The molecule has 2 aliphatic heterocycles. The number of likely N-dealkylation sites (tertiary alicyclic amines) is 2. The summed E-state index contributed by atoms with van der Waals surface area (Å²) in [5.74, 6) is -11.9. The Bertz CT molecular complexity index is 1970. The summed E-state index contributed by atoms with van der Waals surface area (Å²) in [5.41, 5.74) is 6.11. The predicted octanol–water partition coefficient (Wildman–Crippen LogP) is -3.58. The molecule has 0 aliphatic carbocycles. The lowest BCUT2D eigenvalue weighted by Gasteiger charge is -2.32. The smallest absolute Gasteiger partial charge is 0.322 e. The van der Waals surface area contributed by atoms with E-state index in [1.54, 1.807) is 13.8 Å². The average molecular weight is 936 g/mol. The van der Waals surface area contributed by atoms with Gasteiger partial charge in [-0.15, -0.1) is 0 Å². The van der Waals surface area contributed by atoms with Gasteiger partial charge in [-0.05, 0) is 56.2 Å². The number of nitrogens with one attached hydrogen (secondary N) is 6. The van der Waals surface area contributed by atoms with E-state index in [-0.39, 0.29) is 43.9 Å². The molecular weight excluding hydrogens is 879 g/mol. The number of carboxylic acid groups (broad SMARTS) is 3. The van der Waals surface area contributed by atoms with Crippen LogP contribution in [0.5, 0.6) is 5.75 Å². The maximum absolute atomic E-state index is 14.3. The van der Waals surface area contributed by atoms with Gasteiger partial charge in [0.15, 0.2) is 0 Å². The van der Waals surface area contributed by atoms with Crippen molar-refractivity contribution in [3.8, 4) is 5.75 Å². The minimum atomic E-state index is -1.69. The van der Waals surface area contributed by atoms with Crippen molar-refractivity contribution in [3.05, 3.63) is 29.8 Å². The Morgan fingerprint density at radius 1 is 0.662 bits per heavy atom. The number of hydrogen-bond acceptors (Lipinski definition) is 14. The van der Waals surface area contributed by atoms with E-state index in [4.69, 9.17) is 10.8 Å². The molecule has 0 unspecified atom stereocenters. The van der Waals surface area contributed by atoms with Gasteiger partial charge in [-0.25, -0.2) is 0 Å². The third-order valence-corrected chi connectivity index (χ3v) is 11.0. The summed E-state index contributed by atoms with van der Waals surface area (Å²) in [6.45, 7) is 3.80. The molecule has 1 aromatic rings. The number of nitrogens with zero attached hydrogens (tertiary/aromatic N) is 2. The minimum absolute atomic E-state index is 0.0154. The number of carboxylic acids is 3. The lowest BCUT2D eigenvalue weighted by Crippen LogP contribution is -2.61. The van der Waals surface area contributed by atoms with E-state index in [2.05, 4.69) is 39.2 Å². The predicted molar refractivity (Wildman–Crippen MR) is 228 cm³/mol. The van der Waals surface area contributed by atoms with Crippen molar-refractivity contribution in [1.82, 2.24) is 41.7 Å². The second kappa shape index (κ2) is 24.5. The first-order valence-corrected chi connectivity index (χ1v) is 21.4. The number of nitrogens with two attached hydrogens (primary N) is 1. The first kappa shape index (κ1) is 52.8. The maximum atomic E-state index is 14.3. The first-order chi connectivity index (χ1) is 30.5. The number of phenolic OH excluding ortho intramolecular Hbond substituents is 1. The van der Waals surface area contributed by atoms with E-state index in [9.17, 15) is 68.1 Å². The van der Waals surface area contributed by atoms with Crippen LogP contribution in [0.15, 0.2) is 24.3 Å². The van der Waals surface area contributed by atoms with Crippen molar-refractivity contribution in [1.29, 1.82) is 0 Å². The molecule has 24 nitrogen and oxygen atoms in total. The molecule has 0 spiro atoms. The molecule has 2 aliphatic rings. The van der Waals surface area contributed by atoms with Crippen LogP contribution in [0.1, 0.15) is 64.9 Å². The van der Waals surface area contributed by atoms with Gasteiger partial charge in [0.25, 0.3) is 0 Å². The Hall–Kier alpha value is -6.50. The van der Waals surface area contributed by atoms with Crippen molar-refractivity contribution in [3.63, 3.8) is 0 Å². The van der Waals surface area contributed by atoms with E-state index in [1.165, 1.54) is 36.1 Å². The molecule has 2 fully saturated rings. The van der Waals surface area contributed by atoms with E-state index >= 15 is 0 Å². The Kier molecular flexibility index (Phi) is 19.9. The molecular formula is C40H57N9O15S. The molecule has 2 heterocycles. The number of phenols is 1. The number of thiol groups is 1. The Balaban J connectivity index is 1.80. The molecule has 12 N–H and O–H groups in total. The van der Waals surface area contributed by atoms with Crippen LogP contribution in [0.3, 0.4) is 0 Å². The van der Waals surface area contributed by atoms with Crippen molar-refractivity contribution >= 4 is 77.8 Å². The second-order valence-corrected chi connectivity index (χ2v) is 16.4. The number of carbonyl (C=O) groups is 11. The van der Waals surface area contributed by atoms with E-state index in [0.29, 0.717) is 18.4 Å². The van der Waals surface area contributed by atoms with Crippen molar-refractivity contribution < 1.29 is 73.2 Å². The van der Waals surface area contributed by atoms with Gasteiger partial charge in [-0.2, -0.15) is 12.6 Å². The van der Waals surface area contributed by atoms with E-state index in [0.717, 1.165) is 4.90 Å². The Labute approximate surface area is 378 Å². The highest BCUT2D eigenvalue weighted by Gasteiger charge is 2.42. The van der Waals surface area contributed by atoms with Crippen LogP contribution in [0, 0.1) is 5.92 Å². The van der Waals surface area contributed by atoms with Crippen LogP contribution < -0.4 is 37.6 Å². The summed E-state index contributed by atoms with van der Waals surface area (Å²) < 4.78 is 0. The van der Waals surface area contributed by atoms with Gasteiger partial charge in [-0.1, -0.05) is 26.0 Å². The summed E-state index contributed by atoms with van der Waals surface area (Å²) in [5, 5.41) is 51.7. The number of aromatic hydroxyl groups is 1. The molecule has 65 heavy (non-hydrogen) atoms. The number of benzene rings is 1. The van der Waals surface area contributed by atoms with Crippen LogP contribution in [-0.4, -0.2) is 169 Å². The highest BCUT2D eigenvalue weighted by Crippen LogP contribution is 2.22. The van der Waals surface area contributed by atoms with Crippen molar-refractivity contribution in [2.75, 3.05) is 25.4 Å². The molecule has 25 heteroatoms. The Morgan fingerprint density at radius 3 is 1.68 bits per heavy atom. The SMILES string of the molecule is CC(C)[C@H](NC(=O)[C@@H]1CCCN1C(=O)[C@H](C)NC(=O)[C@H](CC(=O)O)NC(=O)[C@@H](N)CS)C(=O)N[C@@H](Cc1ccc(O)cc1)C(=O)N1CCC[C@H]1C(=O)N[C@@H](CC(=O)O)C(=O)NCC(=O)O. The fourth-order valence-corrected chi connectivity index (χ4v) is 7.39. The van der Waals surface area contributed by atoms with Gasteiger partial charge >= 0.3 is 17.9 Å². The van der Waals surface area contributed by atoms with Gasteiger partial charge in [0.2, 0.25) is 47.3 Å². The first-order valence-electron chi connectivity index (χ1n) is 20.7. The summed E-state index contributed by atoms with van der Waals surface area (Å²) in [7, 11) is 0. The van der Waals surface area contributed by atoms with Gasteiger partial charge in [0, 0.05) is 25.3 Å². The van der Waals surface area contributed by atoms with Crippen LogP contribution >= 0.6 is 12.6 Å². The zero-order chi connectivity index (χ0) is 48.7. The summed E-state index contributed by atoms with van der Waals surface area (Å²) in [4.78, 5) is 144. The normalized spacial score (nSPS) is 18.5. The lowest BCUT2D eigenvalue weighted by molar-refractivity contribution is -0.144. The topological polar surface area (TPSA) is 373 Å². The van der Waals surface area contributed by atoms with E-state index in [1.807, 2.05) is 5.32 Å². The lowest BCUT2D eigenvalue weighted by atomic mass is 9.99. The summed E-state index contributed by atoms with van der Waals surface area (Å²) in [6, 6.07) is -5.05. The van der Waals surface area contributed by atoms with Gasteiger partial charge < -0.3 is 67.9 Å². The molecule has 8 amide bonds. The molecule has 0 aromatic heterocycles. The van der Waals surface area contributed by atoms with Crippen molar-refractivity contribution in [2.45, 2.75) is 114 Å². The van der Waals surface area contributed by atoms with E-state index < -0.39 is 139 Å². The fourth-order valence-electron chi connectivity index (χ4n) is 7.23. The van der Waals surface area contributed by atoms with Crippen LogP contribution in [-0.2, 0) is 59.2 Å². The van der Waals surface area contributed by atoms with Gasteiger partial charge in [0.1, 0.15) is 54.6 Å². The van der Waals surface area contributed by atoms with Crippen LogP contribution in [0.2, 0.25) is 0 Å². The molecule has 2 saturated heterocycles. The fraction of sp³-hybridized carbons (Fsp3) is 0.575. The zero-order valence-corrected chi connectivity index (χ0v) is 36.9. The third kappa shape index (κ3) is 15.6. The highest BCUT2D eigenvalue weighted by molar-refractivity contribution is 7.80. The average Bonchev–Trinajstić information content (AvgIpc) is 3.94. The zero-order valence-electron chi connectivity index (χ0n) is 36.0. The number of carbonyl (C=O) groups excluding carboxylic acids is 8. The maximum Gasteiger partial charge on any atom is 0.322 e. The summed E-state index contributed by atoms with van der Waals surface area (Å²) >= 11 is 3.92. The Morgan fingerprint density at radius 2 is 1.17 bits per heavy atom. The number of aliphatic carboxylic acids is 3. The highest BCUT2D eigenvalue weighted by atomic mass is 32.1. The molecule has 0 saturated carbocycles. The number of amides is 8. The molecule has 1 aromatic carbocycles. The van der Waals surface area contributed by atoms with Crippen molar-refractivity contribution in [2.24, 2.45) is 11.7 Å². The minimum Gasteiger partial charge on any atom is -0.508 e. The quantitative estimate of drug-likeness (QED) is 0.0472. The molecule has 0 radical (unpaired) electrons. The largest absolute Gasteiger partial charge is 0.508 e. The number of rotatable bonds is 23. The standard InChI is InChI=1S/C40H57N9O15S/c1-19(2)32(47-37(61)28-7-4-12-48(28)39(63)20(3)43-35(59)25(16-30(53)54)44-33(57)23(41)18-65)38(62)46-26(14-21-8-10-22(50)11-9-21)40(64)49-13-5-6-27(49)36(60)45-24(15-29(51)52)34(58)42-17-31(55)56/h8-11,19-20,23-28,32,50,65H,4-7,12-18,41H2,1-3H3,(H,42,58)(H,43,59)(H,44,57)(H,45,60)(H,46,62)(H,47,61)(H,51,52)(H,53,54)(H,55,56)/t20-,23-,24-,25-,26-,27-,28-,32-/m0/s1. The molecule has 8 atom stereocenters. The van der Waals surface area contributed by atoms with Gasteiger partial charge in [-0.3, -0.25) is 52.7 Å². The number of hydrogen-bond donors (Lipinski definition) is 12. The molecule has 3 rings (SSSR count). The van der Waals surface area contributed by atoms with Gasteiger partial charge in [0.05, 0.1) is 18.9 Å². The molecule has 358 valence electrons. The third-order valence-electron chi connectivity index (χ3n) is 10.6. The molecule has 0 bridgehead atoms. The van der Waals surface area contributed by atoms with Crippen LogP contribution in [0.4, 0.5) is 0 Å². The van der Waals surface area contributed by atoms with Crippen LogP contribution in [0.25, 0.3) is 0 Å².